The van der Waals surface area contributed by atoms with E-state index < -0.39 is 0 Å². The fourth-order valence-corrected chi connectivity index (χ4v) is 1.75. The maximum atomic E-state index is 5.95. The van der Waals surface area contributed by atoms with Crippen LogP contribution in [0.5, 0.6) is 5.75 Å². The summed E-state index contributed by atoms with van der Waals surface area (Å²) in [6, 6.07) is 8.11. The van der Waals surface area contributed by atoms with E-state index >= 15 is 0 Å². The highest BCUT2D eigenvalue weighted by Crippen LogP contribution is 2.16. The van der Waals surface area contributed by atoms with Crippen molar-refractivity contribution < 1.29 is 9.26 Å². The van der Waals surface area contributed by atoms with Gasteiger partial charge in [-0.05, 0) is 37.5 Å². The third kappa shape index (κ3) is 4.06. The molecule has 0 aliphatic carbocycles. The van der Waals surface area contributed by atoms with E-state index in [1.165, 1.54) is 5.56 Å². The van der Waals surface area contributed by atoms with Gasteiger partial charge >= 0.3 is 0 Å². The molecule has 5 nitrogen and oxygen atoms in total. The van der Waals surface area contributed by atoms with Crippen LogP contribution in [0.4, 0.5) is 0 Å². The van der Waals surface area contributed by atoms with Gasteiger partial charge in [0, 0.05) is 6.04 Å². The quantitative estimate of drug-likeness (QED) is 0.863. The molecule has 2 aromatic rings. The average molecular weight is 261 g/mol. The SMILES string of the molecule is CCC(N)Cc1cccc(OCc2nc(C)no2)c1. The summed E-state index contributed by atoms with van der Waals surface area (Å²) >= 11 is 0. The molecule has 0 saturated carbocycles. The van der Waals surface area contributed by atoms with Crippen LogP contribution in [0.2, 0.25) is 0 Å². The minimum Gasteiger partial charge on any atom is -0.484 e. The number of hydrogen-bond acceptors (Lipinski definition) is 5. The minimum absolute atomic E-state index is 0.189. The Morgan fingerprint density at radius 2 is 2.26 bits per heavy atom. The lowest BCUT2D eigenvalue weighted by molar-refractivity contribution is 0.242. The van der Waals surface area contributed by atoms with Crippen LogP contribution < -0.4 is 10.5 Å². The lowest BCUT2D eigenvalue weighted by atomic mass is 10.0. The van der Waals surface area contributed by atoms with Crippen LogP contribution >= 0.6 is 0 Å². The lowest BCUT2D eigenvalue weighted by Crippen LogP contribution is -2.21. The molecule has 1 aromatic carbocycles. The molecule has 1 heterocycles. The van der Waals surface area contributed by atoms with Gasteiger partial charge in [0.2, 0.25) is 0 Å². The Morgan fingerprint density at radius 3 is 2.95 bits per heavy atom. The molecule has 1 aromatic heterocycles. The number of hydrogen-bond donors (Lipinski definition) is 1. The van der Waals surface area contributed by atoms with Crippen LogP contribution in [0, 0.1) is 6.92 Å². The largest absolute Gasteiger partial charge is 0.484 e. The number of nitrogens with zero attached hydrogens (tertiary/aromatic N) is 2. The molecule has 2 rings (SSSR count). The predicted molar refractivity (Wildman–Crippen MR) is 71.8 cm³/mol. The first-order chi connectivity index (χ1) is 9.17. The second-order valence-electron chi connectivity index (χ2n) is 4.54. The van der Waals surface area contributed by atoms with Crippen molar-refractivity contribution in [3.05, 3.63) is 41.5 Å². The zero-order valence-corrected chi connectivity index (χ0v) is 11.3. The van der Waals surface area contributed by atoms with Crippen LogP contribution in [0.25, 0.3) is 0 Å². The van der Waals surface area contributed by atoms with Crippen LogP contribution in [0.1, 0.15) is 30.6 Å². The summed E-state index contributed by atoms with van der Waals surface area (Å²) < 4.78 is 10.6. The Morgan fingerprint density at radius 1 is 1.42 bits per heavy atom. The Balaban J connectivity index is 1.95. The van der Waals surface area contributed by atoms with Crippen molar-refractivity contribution in [3.8, 4) is 5.75 Å². The van der Waals surface area contributed by atoms with Gasteiger partial charge in [-0.25, -0.2) is 0 Å². The van der Waals surface area contributed by atoms with Crippen molar-refractivity contribution in [1.82, 2.24) is 10.1 Å². The lowest BCUT2D eigenvalue weighted by Gasteiger charge is -2.10. The number of rotatable bonds is 6. The topological polar surface area (TPSA) is 74.2 Å². The fourth-order valence-electron chi connectivity index (χ4n) is 1.75. The van der Waals surface area contributed by atoms with Gasteiger partial charge in [0.05, 0.1) is 0 Å². The summed E-state index contributed by atoms with van der Waals surface area (Å²) in [6.07, 6.45) is 1.82. The van der Waals surface area contributed by atoms with Gasteiger partial charge in [0.25, 0.3) is 5.89 Å². The average Bonchev–Trinajstić information content (AvgIpc) is 2.82. The molecule has 102 valence electrons. The van der Waals surface area contributed by atoms with E-state index in [0.717, 1.165) is 18.6 Å². The van der Waals surface area contributed by atoms with Gasteiger partial charge in [0.1, 0.15) is 5.75 Å². The molecule has 19 heavy (non-hydrogen) atoms. The van der Waals surface area contributed by atoms with Crippen LogP contribution in [-0.4, -0.2) is 16.2 Å². The Kier molecular flexibility index (Phi) is 4.52. The van der Waals surface area contributed by atoms with Gasteiger partial charge in [-0.3, -0.25) is 0 Å². The third-order valence-corrected chi connectivity index (χ3v) is 2.85. The Hall–Kier alpha value is -1.88. The van der Waals surface area contributed by atoms with Crippen molar-refractivity contribution in [2.75, 3.05) is 0 Å². The molecular weight excluding hydrogens is 242 g/mol. The second kappa shape index (κ2) is 6.33. The van der Waals surface area contributed by atoms with Crippen molar-refractivity contribution >= 4 is 0 Å². The zero-order chi connectivity index (χ0) is 13.7. The summed E-state index contributed by atoms with van der Waals surface area (Å²) in [5.74, 6) is 1.88. The number of benzene rings is 1. The van der Waals surface area contributed by atoms with Gasteiger partial charge < -0.3 is 15.0 Å². The summed E-state index contributed by atoms with van der Waals surface area (Å²) in [6.45, 7) is 4.15. The summed E-state index contributed by atoms with van der Waals surface area (Å²) in [7, 11) is 0. The van der Waals surface area contributed by atoms with Gasteiger partial charge in [0.15, 0.2) is 12.4 Å². The van der Waals surface area contributed by atoms with E-state index in [9.17, 15) is 0 Å². The smallest absolute Gasteiger partial charge is 0.264 e. The Bertz CT molecular complexity index is 525. The summed E-state index contributed by atoms with van der Waals surface area (Å²) in [4.78, 5) is 4.09. The first kappa shape index (κ1) is 13.5. The summed E-state index contributed by atoms with van der Waals surface area (Å²) in [5.41, 5.74) is 7.12. The fraction of sp³-hybridized carbons (Fsp3) is 0.429. The zero-order valence-electron chi connectivity index (χ0n) is 11.3. The predicted octanol–water partition coefficient (Wildman–Crippen LogP) is 2.24. The first-order valence-electron chi connectivity index (χ1n) is 6.44. The van der Waals surface area contributed by atoms with E-state index in [2.05, 4.69) is 23.1 Å². The molecule has 0 radical (unpaired) electrons. The molecule has 0 aliphatic heterocycles. The number of aromatic nitrogens is 2. The first-order valence-corrected chi connectivity index (χ1v) is 6.44. The van der Waals surface area contributed by atoms with Crippen LogP contribution in [0.3, 0.4) is 0 Å². The van der Waals surface area contributed by atoms with Gasteiger partial charge in [-0.15, -0.1) is 0 Å². The maximum Gasteiger partial charge on any atom is 0.264 e. The standard InChI is InChI=1S/C14H19N3O2/c1-3-12(15)7-11-5-4-6-13(8-11)18-9-14-16-10(2)17-19-14/h4-6,8,12H,3,7,9,15H2,1-2H3. The number of nitrogens with two attached hydrogens (primary N) is 1. The van der Waals surface area contributed by atoms with Crippen molar-refractivity contribution in [1.29, 1.82) is 0 Å². The molecule has 0 amide bonds. The molecule has 0 aliphatic rings. The normalized spacial score (nSPS) is 12.4. The molecule has 0 fully saturated rings. The van der Waals surface area contributed by atoms with Crippen molar-refractivity contribution in [3.63, 3.8) is 0 Å². The molecule has 0 saturated heterocycles. The molecule has 1 atom stereocenters. The van der Waals surface area contributed by atoms with Gasteiger partial charge in [-0.1, -0.05) is 24.2 Å². The highest BCUT2D eigenvalue weighted by molar-refractivity contribution is 5.29. The number of ether oxygens (including phenoxy) is 1. The van der Waals surface area contributed by atoms with Gasteiger partial charge in [-0.2, -0.15) is 4.98 Å². The molecule has 5 heteroatoms. The summed E-state index contributed by atoms with van der Waals surface area (Å²) in [5, 5.41) is 3.71. The maximum absolute atomic E-state index is 5.95. The monoisotopic (exact) mass is 261 g/mol. The van der Waals surface area contributed by atoms with E-state index in [1.54, 1.807) is 6.92 Å². The third-order valence-electron chi connectivity index (χ3n) is 2.85. The van der Waals surface area contributed by atoms with E-state index in [0.29, 0.717) is 11.7 Å². The van der Waals surface area contributed by atoms with Crippen LogP contribution in [-0.2, 0) is 13.0 Å². The molecule has 0 spiro atoms. The highest BCUT2D eigenvalue weighted by atomic mass is 16.5. The molecule has 2 N–H and O–H groups in total. The van der Waals surface area contributed by atoms with Crippen molar-refractivity contribution in [2.45, 2.75) is 39.3 Å². The highest BCUT2D eigenvalue weighted by Gasteiger charge is 2.05. The van der Waals surface area contributed by atoms with Crippen LogP contribution in [0.15, 0.2) is 28.8 Å². The minimum atomic E-state index is 0.189. The number of aryl methyl sites for hydroxylation is 1. The van der Waals surface area contributed by atoms with E-state index in [-0.39, 0.29) is 12.6 Å². The second-order valence-corrected chi connectivity index (χ2v) is 4.54. The van der Waals surface area contributed by atoms with E-state index in [4.69, 9.17) is 15.0 Å². The molecular formula is C14H19N3O2. The van der Waals surface area contributed by atoms with E-state index in [1.807, 2.05) is 18.2 Å². The molecule has 0 bridgehead atoms. The van der Waals surface area contributed by atoms with Crippen molar-refractivity contribution in [2.24, 2.45) is 5.73 Å². The molecule has 1 unspecified atom stereocenters. The Labute approximate surface area is 112 Å².